The molecule has 0 aromatic carbocycles. The van der Waals surface area contributed by atoms with Crippen LogP contribution < -0.4 is 0 Å². The molecule has 14 heavy (non-hydrogen) atoms. The molecule has 1 aliphatic heterocycles. The Morgan fingerprint density at radius 1 is 1.43 bits per heavy atom. The van der Waals surface area contributed by atoms with E-state index in [-0.39, 0.29) is 23.0 Å². The van der Waals surface area contributed by atoms with Gasteiger partial charge in [-0.15, -0.1) is 0 Å². The van der Waals surface area contributed by atoms with Gasteiger partial charge in [0, 0.05) is 5.92 Å². The average Bonchev–Trinajstić information content (AvgIpc) is 2.17. The van der Waals surface area contributed by atoms with Gasteiger partial charge in [-0.2, -0.15) is 0 Å². The summed E-state index contributed by atoms with van der Waals surface area (Å²) >= 11 is 0. The second-order valence-corrected chi connectivity index (χ2v) is 5.40. The van der Waals surface area contributed by atoms with Crippen LogP contribution in [0.25, 0.3) is 0 Å². The Bertz CT molecular complexity index is 243. The number of carbonyl (C=O) groups is 1. The van der Waals surface area contributed by atoms with Crippen molar-refractivity contribution in [3.8, 4) is 0 Å². The Labute approximate surface area is 85.5 Å². The van der Waals surface area contributed by atoms with E-state index in [0.29, 0.717) is 0 Å². The van der Waals surface area contributed by atoms with Crippen LogP contribution in [0, 0.1) is 11.8 Å². The van der Waals surface area contributed by atoms with Gasteiger partial charge in [0.15, 0.2) is 0 Å². The van der Waals surface area contributed by atoms with Crippen LogP contribution in [0.15, 0.2) is 0 Å². The molecule has 3 heteroatoms. The third-order valence-corrected chi connectivity index (χ3v) is 3.14. The van der Waals surface area contributed by atoms with Crippen LogP contribution >= 0.6 is 0 Å². The zero-order chi connectivity index (χ0) is 11.1. The summed E-state index contributed by atoms with van der Waals surface area (Å²) in [5, 5.41) is 8.99. The van der Waals surface area contributed by atoms with Crippen molar-refractivity contribution < 1.29 is 14.6 Å². The summed E-state index contributed by atoms with van der Waals surface area (Å²) in [7, 11) is 0. The van der Waals surface area contributed by atoms with Crippen LogP contribution in [0.3, 0.4) is 0 Å². The van der Waals surface area contributed by atoms with Crippen LogP contribution in [-0.2, 0) is 9.53 Å². The summed E-state index contributed by atoms with van der Waals surface area (Å²) in [6.07, 6.45) is 0.813. The maximum atomic E-state index is 10.9. The largest absolute Gasteiger partial charge is 0.481 e. The molecular formula is C11H20O3. The lowest BCUT2D eigenvalue weighted by atomic mass is 9.78. The number of rotatable bonds is 2. The summed E-state index contributed by atoms with van der Waals surface area (Å²) in [6, 6.07) is 0. The van der Waals surface area contributed by atoms with E-state index in [9.17, 15) is 4.79 Å². The molecular weight excluding hydrogens is 180 g/mol. The van der Waals surface area contributed by atoms with Crippen LogP contribution in [0.1, 0.15) is 41.0 Å². The van der Waals surface area contributed by atoms with Crippen LogP contribution in [0.2, 0.25) is 0 Å². The van der Waals surface area contributed by atoms with Crippen molar-refractivity contribution in [3.63, 3.8) is 0 Å². The molecule has 0 amide bonds. The van der Waals surface area contributed by atoms with E-state index in [1.165, 1.54) is 0 Å². The highest BCUT2D eigenvalue weighted by Gasteiger charge is 2.49. The fourth-order valence-corrected chi connectivity index (χ4v) is 2.56. The Kier molecular flexibility index (Phi) is 2.65. The van der Waals surface area contributed by atoms with Crippen molar-refractivity contribution in [2.24, 2.45) is 11.8 Å². The molecule has 0 aliphatic carbocycles. The molecule has 1 aliphatic rings. The van der Waals surface area contributed by atoms with Crippen LogP contribution in [0.4, 0.5) is 0 Å². The lowest BCUT2D eigenvalue weighted by Crippen LogP contribution is -2.35. The molecule has 82 valence electrons. The van der Waals surface area contributed by atoms with Gasteiger partial charge in [0.2, 0.25) is 0 Å². The molecule has 0 bridgehead atoms. The zero-order valence-electron chi connectivity index (χ0n) is 9.63. The number of ether oxygens (including phenoxy) is 1. The predicted octanol–water partition coefficient (Wildman–Crippen LogP) is 2.30. The number of carboxylic acid groups (broad SMARTS) is 1. The molecule has 1 fully saturated rings. The lowest BCUT2D eigenvalue weighted by molar-refractivity contribution is -0.146. The first-order valence-electron chi connectivity index (χ1n) is 5.09. The van der Waals surface area contributed by atoms with Gasteiger partial charge in [-0.3, -0.25) is 4.79 Å². The van der Waals surface area contributed by atoms with E-state index < -0.39 is 5.97 Å². The van der Waals surface area contributed by atoms with E-state index >= 15 is 0 Å². The normalized spacial score (nSPS) is 31.4. The molecule has 0 saturated carbocycles. The first-order chi connectivity index (χ1) is 6.16. The molecule has 0 aromatic rings. The molecule has 2 atom stereocenters. The predicted molar refractivity (Wildman–Crippen MR) is 54.1 cm³/mol. The number of aliphatic carboxylic acids is 1. The SMILES string of the molecule is CC(C(=O)O)C1CC(C)(C)OC1(C)C. The van der Waals surface area contributed by atoms with E-state index in [4.69, 9.17) is 9.84 Å². The molecule has 2 unspecified atom stereocenters. The zero-order valence-corrected chi connectivity index (χ0v) is 9.63. The molecule has 1 rings (SSSR count). The van der Waals surface area contributed by atoms with Crippen molar-refractivity contribution in [1.29, 1.82) is 0 Å². The molecule has 1 saturated heterocycles. The van der Waals surface area contributed by atoms with Crippen molar-refractivity contribution in [2.45, 2.75) is 52.2 Å². The fraction of sp³-hybridized carbons (Fsp3) is 0.909. The highest BCUT2D eigenvalue weighted by Crippen LogP contribution is 2.45. The van der Waals surface area contributed by atoms with E-state index in [0.717, 1.165) is 6.42 Å². The molecule has 1 heterocycles. The molecule has 0 radical (unpaired) electrons. The highest BCUT2D eigenvalue weighted by molar-refractivity contribution is 5.70. The van der Waals surface area contributed by atoms with Crippen molar-refractivity contribution in [1.82, 2.24) is 0 Å². The van der Waals surface area contributed by atoms with Crippen molar-refractivity contribution in [3.05, 3.63) is 0 Å². The van der Waals surface area contributed by atoms with Gasteiger partial charge in [0.25, 0.3) is 0 Å². The monoisotopic (exact) mass is 200 g/mol. The summed E-state index contributed by atoms with van der Waals surface area (Å²) in [5.41, 5.74) is -0.529. The van der Waals surface area contributed by atoms with Crippen LogP contribution in [0.5, 0.6) is 0 Å². The summed E-state index contributed by atoms with van der Waals surface area (Å²) in [6.45, 7) is 9.75. The Morgan fingerprint density at radius 2 is 1.93 bits per heavy atom. The van der Waals surface area contributed by atoms with Gasteiger partial charge in [0.1, 0.15) is 0 Å². The van der Waals surface area contributed by atoms with E-state index in [1.807, 2.05) is 27.7 Å². The first kappa shape index (κ1) is 11.5. The maximum Gasteiger partial charge on any atom is 0.306 e. The topological polar surface area (TPSA) is 46.5 Å². The number of hydrogen-bond acceptors (Lipinski definition) is 2. The average molecular weight is 200 g/mol. The van der Waals surface area contributed by atoms with Gasteiger partial charge in [0.05, 0.1) is 17.1 Å². The van der Waals surface area contributed by atoms with Gasteiger partial charge < -0.3 is 9.84 Å². The first-order valence-corrected chi connectivity index (χ1v) is 5.09. The fourth-order valence-electron chi connectivity index (χ4n) is 2.56. The second kappa shape index (κ2) is 3.23. The Morgan fingerprint density at radius 3 is 2.21 bits per heavy atom. The Balaban J connectivity index is 2.85. The molecule has 0 aromatic heterocycles. The third-order valence-electron chi connectivity index (χ3n) is 3.14. The van der Waals surface area contributed by atoms with Gasteiger partial charge in [-0.25, -0.2) is 0 Å². The lowest BCUT2D eigenvalue weighted by Gasteiger charge is -2.29. The maximum absolute atomic E-state index is 10.9. The van der Waals surface area contributed by atoms with Crippen LogP contribution in [-0.4, -0.2) is 22.3 Å². The van der Waals surface area contributed by atoms with Gasteiger partial charge >= 0.3 is 5.97 Å². The quantitative estimate of drug-likeness (QED) is 0.744. The minimum atomic E-state index is -0.732. The molecule has 1 N–H and O–H groups in total. The third kappa shape index (κ3) is 2.08. The van der Waals surface area contributed by atoms with Crippen molar-refractivity contribution in [2.75, 3.05) is 0 Å². The minimum absolute atomic E-state index is 0.0926. The van der Waals surface area contributed by atoms with Gasteiger partial charge in [-0.05, 0) is 34.1 Å². The van der Waals surface area contributed by atoms with Gasteiger partial charge in [-0.1, -0.05) is 6.92 Å². The minimum Gasteiger partial charge on any atom is -0.481 e. The smallest absolute Gasteiger partial charge is 0.306 e. The van der Waals surface area contributed by atoms with Crippen molar-refractivity contribution >= 4 is 5.97 Å². The summed E-state index contributed by atoms with van der Waals surface area (Å²) in [4.78, 5) is 10.9. The standard InChI is InChI=1S/C11H20O3/c1-7(9(12)13)8-6-10(2,3)14-11(8,4)5/h7-8H,6H2,1-5H3,(H,12,13). The molecule has 3 nitrogen and oxygen atoms in total. The summed E-state index contributed by atoms with van der Waals surface area (Å²) < 4.78 is 5.86. The highest BCUT2D eigenvalue weighted by atomic mass is 16.5. The summed E-state index contributed by atoms with van der Waals surface area (Å²) in [5.74, 6) is -0.980. The number of hydrogen-bond donors (Lipinski definition) is 1. The molecule has 0 spiro atoms. The Hall–Kier alpha value is -0.570. The van der Waals surface area contributed by atoms with E-state index in [2.05, 4.69) is 0 Å². The second-order valence-electron chi connectivity index (χ2n) is 5.40. The number of carboxylic acids is 1. The van der Waals surface area contributed by atoms with E-state index in [1.54, 1.807) is 6.92 Å².